The van der Waals surface area contributed by atoms with Gasteiger partial charge in [-0.2, -0.15) is 0 Å². The molecule has 0 saturated heterocycles. The van der Waals surface area contributed by atoms with Gasteiger partial charge in [0.25, 0.3) is 0 Å². The van der Waals surface area contributed by atoms with Gasteiger partial charge < -0.3 is 30.3 Å². The average Bonchev–Trinajstić information content (AvgIpc) is 3.82. The highest BCUT2D eigenvalue weighted by Crippen LogP contribution is 2.70. The SMILES string of the molecule is COC(=O)CC[C@@H](C)[C@H]1CC[C@H]2[C@@H]3[C@@H](O)CC4C[C@H](NC(=O)CCCC(=O)N[C@@H]5CC[C@@]6(C)C(C5)C[C@H](O)[C@H]5[C@@H]7CC[C@H]([C@H](C)CCC(=O)OC)[C@@]7(C)CC[C@@H]56)CC[C@]4(C)[C@H]3CC[C@]12C. The van der Waals surface area contributed by atoms with Crippen LogP contribution in [0, 0.1) is 92.7 Å². The second-order valence-electron chi connectivity index (χ2n) is 25.2. The zero-order valence-electron chi connectivity index (χ0n) is 41.8. The van der Waals surface area contributed by atoms with E-state index in [9.17, 15) is 29.4 Å². The fourth-order valence-electron chi connectivity index (χ4n) is 19.0. The number of aliphatic hydroxyl groups is 2. The molecular formula is C55H90N2O8. The first kappa shape index (κ1) is 49.2. The summed E-state index contributed by atoms with van der Waals surface area (Å²) >= 11 is 0. The molecule has 2 amide bonds. The normalized spacial score (nSPS) is 46.1. The third kappa shape index (κ3) is 9.10. The van der Waals surface area contributed by atoms with Gasteiger partial charge in [-0.3, -0.25) is 19.2 Å². The Labute approximate surface area is 392 Å². The fraction of sp³-hybridized carbons (Fsp3) is 0.927. The van der Waals surface area contributed by atoms with E-state index in [-0.39, 0.29) is 69.7 Å². The third-order valence-corrected chi connectivity index (χ3v) is 22.5. The van der Waals surface area contributed by atoms with Gasteiger partial charge in [0.2, 0.25) is 11.8 Å². The molecule has 0 bridgehead atoms. The second kappa shape index (κ2) is 19.3. The van der Waals surface area contributed by atoms with E-state index >= 15 is 0 Å². The molecule has 20 atom stereocenters. The first-order valence-corrected chi connectivity index (χ1v) is 26.9. The lowest BCUT2D eigenvalue weighted by Gasteiger charge is -2.62. The molecule has 0 radical (unpaired) electrons. The number of hydrogen-bond acceptors (Lipinski definition) is 8. The van der Waals surface area contributed by atoms with E-state index in [1.54, 1.807) is 0 Å². The van der Waals surface area contributed by atoms with Gasteiger partial charge in [0.1, 0.15) is 0 Å². The highest BCUT2D eigenvalue weighted by molar-refractivity contribution is 5.79. The Hall–Kier alpha value is -2.20. The highest BCUT2D eigenvalue weighted by atomic mass is 16.5. The monoisotopic (exact) mass is 907 g/mol. The number of fused-ring (bicyclic) bond motifs is 10. The van der Waals surface area contributed by atoms with Crippen LogP contribution < -0.4 is 10.6 Å². The Bertz CT molecular complexity index is 1620. The van der Waals surface area contributed by atoms with Crippen molar-refractivity contribution in [1.82, 2.24) is 10.6 Å². The van der Waals surface area contributed by atoms with Crippen molar-refractivity contribution in [2.75, 3.05) is 14.2 Å². The number of methoxy groups -OCH3 is 2. The van der Waals surface area contributed by atoms with E-state index in [2.05, 4.69) is 52.2 Å². The van der Waals surface area contributed by atoms with Crippen LogP contribution in [-0.2, 0) is 28.7 Å². The lowest BCUT2D eigenvalue weighted by Crippen LogP contribution is -2.59. The van der Waals surface area contributed by atoms with E-state index in [1.807, 2.05) is 0 Å². The van der Waals surface area contributed by atoms with Crippen LogP contribution >= 0.6 is 0 Å². The zero-order valence-corrected chi connectivity index (χ0v) is 41.8. The maximum Gasteiger partial charge on any atom is 0.305 e. The Morgan fingerprint density at radius 1 is 0.523 bits per heavy atom. The largest absolute Gasteiger partial charge is 0.469 e. The Balaban J connectivity index is 0.771. The number of carbonyl (C=O) groups excluding carboxylic acids is 4. The maximum absolute atomic E-state index is 13.3. The van der Waals surface area contributed by atoms with Crippen LogP contribution in [0.2, 0.25) is 0 Å². The van der Waals surface area contributed by atoms with Gasteiger partial charge in [0.15, 0.2) is 0 Å². The molecule has 0 aromatic heterocycles. The molecule has 10 heteroatoms. The number of nitrogens with one attached hydrogen (secondary N) is 2. The topological polar surface area (TPSA) is 151 Å². The van der Waals surface area contributed by atoms with Crippen LogP contribution in [0.15, 0.2) is 0 Å². The molecule has 0 aromatic carbocycles. The molecular weight excluding hydrogens is 817 g/mol. The smallest absolute Gasteiger partial charge is 0.305 e. The van der Waals surface area contributed by atoms with Crippen molar-refractivity contribution in [3.63, 3.8) is 0 Å². The molecule has 2 unspecified atom stereocenters. The standard InChI is InChI=1S/C55H90N2O8/c1-32(12-18-48(62)64-7)38-14-16-40-50-42(22-26-54(38,40)5)52(3)24-20-36(28-34(52)30-44(50)58)56-46(60)10-9-11-47(61)57-37-21-25-53(4)35(29-37)31-45(59)51-41-17-15-39(33(2)13-19-49(63)65-8)55(41,6)27-23-43(51)53/h32-45,50-51,58-59H,9-31H2,1-8H3,(H,56,60)(H,57,61)/t32-,33-,34?,35?,36-,37-,38-,39-,40+,41+,42+,43+,44+,45+,50+,51+,52+,53+,54-,55-/m1/s1. The maximum atomic E-state index is 13.3. The van der Waals surface area contributed by atoms with Crippen LogP contribution in [0.5, 0.6) is 0 Å². The molecule has 8 rings (SSSR count). The van der Waals surface area contributed by atoms with Crippen molar-refractivity contribution in [3.8, 4) is 0 Å². The summed E-state index contributed by atoms with van der Waals surface area (Å²) in [6.45, 7) is 14.6. The number of ether oxygens (including phenoxy) is 2. The summed E-state index contributed by atoms with van der Waals surface area (Å²) in [6.07, 6.45) is 20.4. The predicted octanol–water partition coefficient (Wildman–Crippen LogP) is 9.56. The average molecular weight is 907 g/mol. The summed E-state index contributed by atoms with van der Waals surface area (Å²) < 4.78 is 9.90. The summed E-state index contributed by atoms with van der Waals surface area (Å²) in [6, 6.07) is 0.241. The van der Waals surface area contributed by atoms with Gasteiger partial charge in [-0.1, -0.05) is 41.5 Å². The molecule has 65 heavy (non-hydrogen) atoms. The van der Waals surface area contributed by atoms with Crippen LogP contribution in [0.25, 0.3) is 0 Å². The van der Waals surface area contributed by atoms with Gasteiger partial charge in [-0.05, 0) is 215 Å². The Kier molecular flexibility index (Phi) is 14.6. The summed E-state index contributed by atoms with van der Waals surface area (Å²) in [5.41, 5.74) is 0.769. The molecule has 8 aliphatic carbocycles. The van der Waals surface area contributed by atoms with Crippen molar-refractivity contribution in [3.05, 3.63) is 0 Å². The summed E-state index contributed by atoms with van der Waals surface area (Å²) in [5.74, 6) is 5.46. The Morgan fingerprint density at radius 3 is 1.28 bits per heavy atom. The predicted molar refractivity (Wildman–Crippen MR) is 252 cm³/mol. The highest BCUT2D eigenvalue weighted by Gasteiger charge is 2.65. The zero-order chi connectivity index (χ0) is 46.6. The van der Waals surface area contributed by atoms with Crippen molar-refractivity contribution in [2.45, 2.75) is 214 Å². The van der Waals surface area contributed by atoms with Crippen LogP contribution in [0.3, 0.4) is 0 Å². The number of carbonyl (C=O) groups is 4. The van der Waals surface area contributed by atoms with Gasteiger partial charge >= 0.3 is 11.9 Å². The summed E-state index contributed by atoms with van der Waals surface area (Å²) in [7, 11) is 2.95. The number of rotatable bonds is 14. The van der Waals surface area contributed by atoms with E-state index in [1.165, 1.54) is 52.7 Å². The minimum atomic E-state index is -0.303. The number of aliphatic hydroxyl groups excluding tert-OH is 2. The van der Waals surface area contributed by atoms with Gasteiger partial charge in [0, 0.05) is 37.8 Å². The molecule has 8 aliphatic rings. The number of amides is 2. The van der Waals surface area contributed by atoms with Crippen molar-refractivity contribution < 1.29 is 38.9 Å². The van der Waals surface area contributed by atoms with Crippen molar-refractivity contribution in [2.24, 2.45) is 92.7 Å². The molecule has 10 nitrogen and oxygen atoms in total. The van der Waals surface area contributed by atoms with Crippen LogP contribution in [0.4, 0.5) is 0 Å². The summed E-state index contributed by atoms with van der Waals surface area (Å²) in [4.78, 5) is 50.6. The van der Waals surface area contributed by atoms with E-state index < -0.39 is 0 Å². The second-order valence-corrected chi connectivity index (χ2v) is 25.2. The first-order chi connectivity index (χ1) is 30.9. The molecule has 4 N–H and O–H groups in total. The van der Waals surface area contributed by atoms with Crippen LogP contribution in [0.1, 0.15) is 189 Å². The van der Waals surface area contributed by atoms with Crippen LogP contribution in [-0.4, -0.2) is 72.5 Å². The van der Waals surface area contributed by atoms with Gasteiger partial charge in [0.05, 0.1) is 26.4 Å². The molecule has 0 heterocycles. The third-order valence-electron chi connectivity index (χ3n) is 22.5. The Morgan fingerprint density at radius 2 is 0.892 bits per heavy atom. The van der Waals surface area contributed by atoms with Crippen molar-refractivity contribution >= 4 is 23.8 Å². The quantitative estimate of drug-likeness (QED) is 0.126. The van der Waals surface area contributed by atoms with Crippen molar-refractivity contribution in [1.29, 1.82) is 0 Å². The number of esters is 2. The number of hydrogen-bond donors (Lipinski definition) is 4. The minimum Gasteiger partial charge on any atom is -0.469 e. The fourth-order valence-corrected chi connectivity index (χ4v) is 19.0. The molecule has 8 fully saturated rings. The first-order valence-electron chi connectivity index (χ1n) is 26.9. The molecule has 368 valence electrons. The lowest BCUT2D eigenvalue weighted by atomic mass is 9.43. The van der Waals surface area contributed by atoms with Gasteiger partial charge in [-0.15, -0.1) is 0 Å². The molecule has 0 spiro atoms. The summed E-state index contributed by atoms with van der Waals surface area (Å²) in [5, 5.41) is 30.6. The minimum absolute atomic E-state index is 0.0411. The molecule has 0 aliphatic heterocycles. The van der Waals surface area contributed by atoms with Gasteiger partial charge in [-0.25, -0.2) is 0 Å². The van der Waals surface area contributed by atoms with E-state index in [0.29, 0.717) is 103 Å². The lowest BCUT2D eigenvalue weighted by molar-refractivity contribution is -0.167. The molecule has 8 saturated carbocycles. The van der Waals surface area contributed by atoms with E-state index in [0.717, 1.165) is 77.0 Å². The molecule has 0 aromatic rings. The van der Waals surface area contributed by atoms with E-state index in [4.69, 9.17) is 9.47 Å².